The highest BCUT2D eigenvalue weighted by Crippen LogP contribution is 2.38. The minimum Gasteiger partial charge on any atom is -0.395 e. The van der Waals surface area contributed by atoms with E-state index < -0.39 is 11.9 Å². The molecular weight excluding hydrogens is 407 g/mol. The fourth-order valence-electron chi connectivity index (χ4n) is 2.91. The summed E-state index contributed by atoms with van der Waals surface area (Å²) in [6.07, 6.45) is 1.63. The van der Waals surface area contributed by atoms with Crippen LogP contribution in [0.5, 0.6) is 0 Å². The Morgan fingerprint density at radius 3 is 3.07 bits per heavy atom. The molecule has 0 aromatic carbocycles. The lowest BCUT2D eigenvalue weighted by molar-refractivity contribution is 0.101. The number of anilines is 2. The lowest BCUT2D eigenvalue weighted by atomic mass is 10.2. The molecule has 11 heteroatoms. The first kappa shape index (κ1) is 20.4. The number of aliphatic hydroxyl groups excluding tert-OH is 1. The van der Waals surface area contributed by atoms with Crippen LogP contribution in [0.4, 0.5) is 15.8 Å². The fourth-order valence-corrected chi connectivity index (χ4v) is 3.96. The molecule has 3 rings (SSSR count). The topological polar surface area (TPSA) is 115 Å². The third-order valence-corrected chi connectivity index (χ3v) is 5.37. The summed E-state index contributed by atoms with van der Waals surface area (Å²) in [7, 11) is 0. The van der Waals surface area contributed by atoms with E-state index in [0.717, 1.165) is 24.6 Å². The Labute approximate surface area is 170 Å². The number of aromatic nitrogens is 2. The second-order valence-electron chi connectivity index (χ2n) is 6.27. The van der Waals surface area contributed by atoms with Gasteiger partial charge in [-0.25, -0.2) is 9.71 Å². The Kier molecular flexibility index (Phi) is 6.41. The van der Waals surface area contributed by atoms with E-state index in [9.17, 15) is 9.18 Å². The van der Waals surface area contributed by atoms with Crippen molar-refractivity contribution in [3.8, 4) is 6.07 Å². The number of nitrogens with one attached hydrogen (secondary N) is 3. The number of fused-ring (bicyclic) bond motifs is 1. The van der Waals surface area contributed by atoms with Crippen LogP contribution in [0, 0.1) is 17.3 Å². The second kappa shape index (κ2) is 8.79. The van der Waals surface area contributed by atoms with Crippen LogP contribution in [0.1, 0.15) is 35.2 Å². The van der Waals surface area contributed by atoms with Crippen LogP contribution in [0.2, 0.25) is 5.02 Å². The van der Waals surface area contributed by atoms with Gasteiger partial charge in [0.15, 0.2) is 0 Å². The molecule has 0 bridgehead atoms. The van der Waals surface area contributed by atoms with Crippen molar-refractivity contribution in [3.63, 3.8) is 0 Å². The Balaban J connectivity index is 1.84. The molecule has 0 spiro atoms. The zero-order chi connectivity index (χ0) is 20.3. The average molecular weight is 425 g/mol. The van der Waals surface area contributed by atoms with Gasteiger partial charge in [-0.15, -0.1) is 0 Å². The monoisotopic (exact) mass is 424 g/mol. The second-order valence-corrected chi connectivity index (χ2v) is 7.30. The van der Waals surface area contributed by atoms with Gasteiger partial charge >= 0.3 is 0 Å². The number of aliphatic hydroxyl groups is 1. The maximum atomic E-state index is 13.5. The van der Waals surface area contributed by atoms with Gasteiger partial charge in [-0.05, 0) is 25.8 Å². The summed E-state index contributed by atoms with van der Waals surface area (Å²) < 4.78 is 21.5. The molecule has 2 aromatic rings. The van der Waals surface area contributed by atoms with Crippen molar-refractivity contribution in [3.05, 3.63) is 40.2 Å². The average Bonchev–Trinajstić information content (AvgIpc) is 3.22. The van der Waals surface area contributed by atoms with Crippen molar-refractivity contribution in [1.82, 2.24) is 14.3 Å². The maximum Gasteiger partial charge on any atom is 0.273 e. The summed E-state index contributed by atoms with van der Waals surface area (Å²) in [5.74, 6) is -1.36. The third-order valence-electron chi connectivity index (χ3n) is 4.18. The number of hydrogen-bond donors (Lipinski definition) is 4. The lowest BCUT2D eigenvalue weighted by Crippen LogP contribution is -2.24. The molecule has 3 heterocycles. The minimum absolute atomic E-state index is 0.0168. The Morgan fingerprint density at radius 1 is 1.57 bits per heavy atom. The first-order chi connectivity index (χ1) is 13.4. The van der Waals surface area contributed by atoms with Gasteiger partial charge in [0.2, 0.25) is 5.95 Å². The molecule has 148 valence electrons. The quantitative estimate of drug-likeness (QED) is 0.399. The van der Waals surface area contributed by atoms with Crippen LogP contribution in [0.25, 0.3) is 0 Å². The van der Waals surface area contributed by atoms with Crippen molar-refractivity contribution in [2.45, 2.75) is 32.4 Å². The van der Waals surface area contributed by atoms with E-state index in [0.29, 0.717) is 12.2 Å². The highest BCUT2D eigenvalue weighted by molar-refractivity contribution is 7.98. The van der Waals surface area contributed by atoms with E-state index in [1.165, 1.54) is 18.2 Å². The predicted molar refractivity (Wildman–Crippen MR) is 106 cm³/mol. The molecule has 2 aromatic heterocycles. The molecule has 0 saturated heterocycles. The van der Waals surface area contributed by atoms with Gasteiger partial charge in [0.25, 0.3) is 5.91 Å². The molecule has 1 atom stereocenters. The third kappa shape index (κ3) is 4.23. The van der Waals surface area contributed by atoms with Crippen LogP contribution in [-0.2, 0) is 13.0 Å². The smallest absolute Gasteiger partial charge is 0.273 e. The summed E-state index contributed by atoms with van der Waals surface area (Å²) >= 11 is 7.65. The van der Waals surface area contributed by atoms with Crippen LogP contribution < -0.4 is 14.8 Å². The first-order valence-corrected chi connectivity index (χ1v) is 9.72. The number of halogens is 2. The maximum absolute atomic E-state index is 13.5. The van der Waals surface area contributed by atoms with E-state index in [-0.39, 0.29) is 34.7 Å². The summed E-state index contributed by atoms with van der Waals surface area (Å²) in [4.78, 5) is 16.2. The van der Waals surface area contributed by atoms with Crippen LogP contribution in [0.3, 0.4) is 0 Å². The molecule has 0 fully saturated rings. The van der Waals surface area contributed by atoms with E-state index >= 15 is 0 Å². The molecule has 0 radical (unpaired) electrons. The van der Waals surface area contributed by atoms with Gasteiger partial charge in [-0.1, -0.05) is 11.6 Å². The van der Waals surface area contributed by atoms with E-state index in [1.54, 1.807) is 6.07 Å². The highest BCUT2D eigenvalue weighted by Gasteiger charge is 2.29. The normalized spacial score (nSPS) is 13.7. The van der Waals surface area contributed by atoms with Crippen LogP contribution in [-0.4, -0.2) is 33.2 Å². The number of nitriles is 1. The van der Waals surface area contributed by atoms with Crippen LogP contribution in [0.15, 0.2) is 12.1 Å². The first-order valence-electron chi connectivity index (χ1n) is 8.52. The van der Waals surface area contributed by atoms with Gasteiger partial charge in [-0.2, -0.15) is 9.65 Å². The minimum atomic E-state index is -0.858. The summed E-state index contributed by atoms with van der Waals surface area (Å²) in [5, 5.41) is 20.8. The van der Waals surface area contributed by atoms with Crippen molar-refractivity contribution in [1.29, 1.82) is 5.26 Å². The molecule has 1 aliphatic heterocycles. The zero-order valence-corrected chi connectivity index (χ0v) is 16.5. The van der Waals surface area contributed by atoms with E-state index in [4.69, 9.17) is 22.0 Å². The fraction of sp³-hybridized carbons (Fsp3) is 0.353. The van der Waals surface area contributed by atoms with Gasteiger partial charge in [0, 0.05) is 42.2 Å². The Morgan fingerprint density at radius 2 is 2.36 bits per heavy atom. The lowest BCUT2D eigenvalue weighted by Gasteiger charge is -2.11. The van der Waals surface area contributed by atoms with Gasteiger partial charge in [-0.3, -0.25) is 4.79 Å². The molecule has 28 heavy (non-hydrogen) atoms. The molecule has 0 saturated carbocycles. The molecule has 8 nitrogen and oxygen atoms in total. The number of hydrogen-bond acceptors (Lipinski definition) is 7. The zero-order valence-electron chi connectivity index (χ0n) is 14.9. The van der Waals surface area contributed by atoms with Crippen molar-refractivity contribution >= 4 is 41.0 Å². The van der Waals surface area contributed by atoms with Gasteiger partial charge in [0.05, 0.1) is 17.3 Å². The number of nitrogens with zero attached hydrogens (tertiary/aromatic N) is 3. The Hall–Kier alpha value is -2.32. The SMILES string of the molecule is CC(CO)NSNc1c(Cl)c(C(=O)Nc2cc(F)nc(C#N)c2)n2c1CCC2. The number of carbonyl (C=O) groups is 1. The molecule has 1 aliphatic rings. The van der Waals surface area contributed by atoms with Crippen molar-refractivity contribution in [2.24, 2.45) is 0 Å². The summed E-state index contributed by atoms with van der Waals surface area (Å²) in [6.45, 7) is 2.44. The van der Waals surface area contributed by atoms with Crippen LogP contribution >= 0.6 is 23.7 Å². The number of pyridine rings is 1. The van der Waals surface area contributed by atoms with E-state index in [2.05, 4.69) is 19.7 Å². The molecule has 0 aliphatic carbocycles. The van der Waals surface area contributed by atoms with Gasteiger partial charge < -0.3 is 19.7 Å². The summed E-state index contributed by atoms with van der Waals surface area (Å²) in [5.41, 5.74) is 1.79. The standard InChI is InChI=1S/C17H18ClFN6O2S/c1-9(8-26)23-28-24-15-12-3-2-4-25(12)16(14(15)18)17(27)22-10-5-11(7-20)21-13(19)6-10/h5-6,9,23-24,26H,2-4,8H2,1H3,(H,21,22,27). The van der Waals surface area contributed by atoms with Crippen molar-refractivity contribution < 1.29 is 14.3 Å². The van der Waals surface area contributed by atoms with E-state index in [1.807, 2.05) is 11.5 Å². The molecule has 1 amide bonds. The number of amides is 1. The number of rotatable bonds is 7. The molecule has 4 N–H and O–H groups in total. The Bertz CT molecular complexity index is 945. The largest absolute Gasteiger partial charge is 0.395 e. The highest BCUT2D eigenvalue weighted by atomic mass is 35.5. The van der Waals surface area contributed by atoms with Gasteiger partial charge in [0.1, 0.15) is 17.5 Å². The molecular formula is C17H18ClFN6O2S. The van der Waals surface area contributed by atoms with Crippen molar-refractivity contribution in [2.75, 3.05) is 16.6 Å². The summed E-state index contributed by atoms with van der Waals surface area (Å²) in [6, 6.07) is 3.95. The number of carbonyl (C=O) groups excluding carboxylic acids is 1. The predicted octanol–water partition coefficient (Wildman–Crippen LogP) is 2.69. The molecule has 1 unspecified atom stereocenters.